The predicted octanol–water partition coefficient (Wildman–Crippen LogP) is 5.70. The first-order chi connectivity index (χ1) is 19.5. The molecule has 4 rings (SSSR count). The van der Waals surface area contributed by atoms with Gasteiger partial charge in [0.25, 0.3) is 5.91 Å². The highest BCUT2D eigenvalue weighted by Crippen LogP contribution is 2.29. The number of hydrogen-bond acceptors (Lipinski definition) is 7. The number of carbonyl (C=O) groups is 3. The fourth-order valence-corrected chi connectivity index (χ4v) is 5.20. The van der Waals surface area contributed by atoms with Crippen LogP contribution >= 0.6 is 0 Å². The fraction of sp³-hybridized carbons (Fsp3) is 0.452. The van der Waals surface area contributed by atoms with E-state index in [1.807, 2.05) is 44.2 Å². The summed E-state index contributed by atoms with van der Waals surface area (Å²) in [6.45, 7) is 9.24. The number of benzene rings is 1. The summed E-state index contributed by atoms with van der Waals surface area (Å²) >= 11 is 0. The number of amides is 3. The lowest BCUT2D eigenvalue weighted by molar-refractivity contribution is -0.119. The summed E-state index contributed by atoms with van der Waals surface area (Å²) in [6, 6.07) is 8.87. The molecule has 0 bridgehead atoms. The lowest BCUT2D eigenvalue weighted by atomic mass is 9.83. The third-order valence-electron chi connectivity index (χ3n) is 7.17. The van der Waals surface area contributed by atoms with Crippen molar-refractivity contribution in [3.63, 3.8) is 0 Å². The molecule has 2 heterocycles. The number of ether oxygens (including phenoxy) is 1. The Bertz CT molecular complexity index is 1350. The Labute approximate surface area is 240 Å². The van der Waals surface area contributed by atoms with Gasteiger partial charge in [-0.3, -0.25) is 14.6 Å². The highest BCUT2D eigenvalue weighted by molar-refractivity contribution is 6.01. The van der Waals surface area contributed by atoms with Gasteiger partial charge in [0.15, 0.2) is 0 Å². The van der Waals surface area contributed by atoms with Crippen LogP contribution in [0.5, 0.6) is 0 Å². The second kappa shape index (κ2) is 13.0. The second-order valence-electron chi connectivity index (χ2n) is 11.5. The summed E-state index contributed by atoms with van der Waals surface area (Å²) in [7, 11) is 0. The zero-order valence-electron chi connectivity index (χ0n) is 24.4. The standard InChI is InChI=1S/C31H39N5O5/c1-19-15-16-32-20(2)26(19)21-11-13-23(14-12-21)34-29(38)27(22-9-7-6-8-10-22)35-28(37)24-18-40-36-25(24)17-33-30(39)41-31(3,4)5/h11-16,18,22,27H,6-10,17H2,1-5H3,(H,33,39)(H,34,38)(H,35,37)/t27-/m0/s1. The molecule has 41 heavy (non-hydrogen) atoms. The van der Waals surface area contributed by atoms with Crippen LogP contribution in [0.3, 0.4) is 0 Å². The third-order valence-corrected chi connectivity index (χ3v) is 7.17. The number of alkyl carbamates (subject to hydrolysis) is 1. The Morgan fingerprint density at radius 3 is 2.41 bits per heavy atom. The van der Waals surface area contributed by atoms with Gasteiger partial charge in [-0.15, -0.1) is 0 Å². The molecule has 2 aromatic heterocycles. The van der Waals surface area contributed by atoms with Crippen molar-refractivity contribution < 1.29 is 23.6 Å². The van der Waals surface area contributed by atoms with Crippen LogP contribution in [0.1, 0.15) is 80.2 Å². The monoisotopic (exact) mass is 561 g/mol. The first-order valence-electron chi connectivity index (χ1n) is 14.1. The SMILES string of the molecule is Cc1ccnc(C)c1-c1ccc(NC(=O)[C@@H](NC(=O)c2conc2CNC(=O)OC(C)(C)C)C2CCCCC2)cc1. The van der Waals surface area contributed by atoms with Crippen molar-refractivity contribution in [1.29, 1.82) is 0 Å². The Morgan fingerprint density at radius 1 is 1.05 bits per heavy atom. The Morgan fingerprint density at radius 2 is 1.76 bits per heavy atom. The summed E-state index contributed by atoms with van der Waals surface area (Å²) in [5, 5.41) is 12.4. The largest absolute Gasteiger partial charge is 0.444 e. The molecule has 10 nitrogen and oxygen atoms in total. The lowest BCUT2D eigenvalue weighted by Crippen LogP contribution is -2.49. The number of nitrogens with one attached hydrogen (secondary N) is 3. The minimum absolute atomic E-state index is 0.00383. The Balaban J connectivity index is 1.46. The quantitative estimate of drug-likeness (QED) is 0.321. The summed E-state index contributed by atoms with van der Waals surface area (Å²) in [5.74, 6) is -0.775. The number of aryl methyl sites for hydroxylation is 2. The molecule has 0 saturated heterocycles. The van der Waals surface area contributed by atoms with Gasteiger partial charge in [-0.2, -0.15) is 0 Å². The van der Waals surface area contributed by atoms with E-state index >= 15 is 0 Å². The van der Waals surface area contributed by atoms with Gasteiger partial charge in [0.1, 0.15) is 29.2 Å². The topological polar surface area (TPSA) is 135 Å². The highest BCUT2D eigenvalue weighted by Gasteiger charge is 2.32. The molecule has 3 amide bonds. The van der Waals surface area contributed by atoms with E-state index in [-0.39, 0.29) is 29.6 Å². The van der Waals surface area contributed by atoms with Crippen molar-refractivity contribution in [3.05, 3.63) is 65.3 Å². The zero-order valence-corrected chi connectivity index (χ0v) is 24.4. The number of hydrogen-bond donors (Lipinski definition) is 3. The average molecular weight is 562 g/mol. The summed E-state index contributed by atoms with van der Waals surface area (Å²) in [6.07, 6.45) is 7.18. The minimum Gasteiger partial charge on any atom is -0.444 e. The molecular weight excluding hydrogens is 522 g/mol. The molecule has 0 unspecified atom stereocenters. The zero-order chi connectivity index (χ0) is 29.6. The number of nitrogens with zero attached hydrogens (tertiary/aromatic N) is 2. The normalized spacial score (nSPS) is 14.7. The first kappa shape index (κ1) is 29.8. The summed E-state index contributed by atoms with van der Waals surface area (Å²) in [5.41, 5.74) is 4.53. The molecule has 3 N–H and O–H groups in total. The number of rotatable bonds is 8. The van der Waals surface area contributed by atoms with E-state index in [4.69, 9.17) is 9.26 Å². The van der Waals surface area contributed by atoms with E-state index in [9.17, 15) is 14.4 Å². The number of aromatic nitrogens is 2. The van der Waals surface area contributed by atoms with Gasteiger partial charge in [-0.25, -0.2) is 4.79 Å². The minimum atomic E-state index is -0.744. The number of carbonyl (C=O) groups excluding carboxylic acids is 3. The van der Waals surface area contributed by atoms with Gasteiger partial charge in [0.05, 0.1) is 6.54 Å². The van der Waals surface area contributed by atoms with Gasteiger partial charge in [-0.1, -0.05) is 36.6 Å². The molecule has 0 radical (unpaired) electrons. The van der Waals surface area contributed by atoms with E-state index in [0.29, 0.717) is 5.69 Å². The Kier molecular flexibility index (Phi) is 9.42. The second-order valence-corrected chi connectivity index (χ2v) is 11.5. The number of anilines is 1. The van der Waals surface area contributed by atoms with Crippen LogP contribution in [-0.4, -0.2) is 39.7 Å². The molecule has 3 aromatic rings. The van der Waals surface area contributed by atoms with Gasteiger partial charge < -0.3 is 25.2 Å². The van der Waals surface area contributed by atoms with Crippen molar-refractivity contribution >= 4 is 23.6 Å². The van der Waals surface area contributed by atoms with E-state index in [1.54, 1.807) is 27.0 Å². The molecule has 1 fully saturated rings. The average Bonchev–Trinajstić information content (AvgIpc) is 3.40. The predicted molar refractivity (Wildman–Crippen MR) is 155 cm³/mol. The molecule has 1 atom stereocenters. The summed E-state index contributed by atoms with van der Waals surface area (Å²) in [4.78, 5) is 43.4. The van der Waals surface area contributed by atoms with E-state index in [0.717, 1.165) is 54.5 Å². The van der Waals surface area contributed by atoms with Crippen LogP contribution < -0.4 is 16.0 Å². The molecule has 1 aliphatic carbocycles. The van der Waals surface area contributed by atoms with Crippen molar-refractivity contribution in [2.45, 2.75) is 84.9 Å². The highest BCUT2D eigenvalue weighted by atomic mass is 16.6. The molecule has 0 aliphatic heterocycles. The molecule has 0 spiro atoms. The maximum absolute atomic E-state index is 13.6. The maximum atomic E-state index is 13.6. The van der Waals surface area contributed by atoms with Crippen LogP contribution in [-0.2, 0) is 16.1 Å². The Hall–Kier alpha value is -4.21. The van der Waals surface area contributed by atoms with Gasteiger partial charge in [-0.05, 0) is 82.7 Å². The van der Waals surface area contributed by atoms with Crippen LogP contribution in [0.15, 0.2) is 47.3 Å². The molecule has 1 saturated carbocycles. The molecule has 218 valence electrons. The van der Waals surface area contributed by atoms with Gasteiger partial charge in [0.2, 0.25) is 5.91 Å². The van der Waals surface area contributed by atoms with Gasteiger partial charge in [0, 0.05) is 23.1 Å². The van der Waals surface area contributed by atoms with E-state index < -0.39 is 23.6 Å². The lowest BCUT2D eigenvalue weighted by Gasteiger charge is -2.30. The van der Waals surface area contributed by atoms with Crippen LogP contribution in [0, 0.1) is 19.8 Å². The first-order valence-corrected chi connectivity index (χ1v) is 14.1. The van der Waals surface area contributed by atoms with E-state index in [2.05, 4.69) is 26.1 Å². The van der Waals surface area contributed by atoms with Crippen molar-refractivity contribution in [2.24, 2.45) is 5.92 Å². The van der Waals surface area contributed by atoms with E-state index in [1.165, 1.54) is 6.26 Å². The van der Waals surface area contributed by atoms with Crippen molar-refractivity contribution in [3.8, 4) is 11.1 Å². The van der Waals surface area contributed by atoms with Crippen LogP contribution in [0.2, 0.25) is 0 Å². The van der Waals surface area contributed by atoms with Gasteiger partial charge >= 0.3 is 6.09 Å². The molecular formula is C31H39N5O5. The van der Waals surface area contributed by atoms with Crippen molar-refractivity contribution in [2.75, 3.05) is 5.32 Å². The fourth-order valence-electron chi connectivity index (χ4n) is 5.20. The summed E-state index contributed by atoms with van der Waals surface area (Å²) < 4.78 is 10.3. The maximum Gasteiger partial charge on any atom is 0.407 e. The van der Waals surface area contributed by atoms with Crippen LogP contribution in [0.4, 0.5) is 10.5 Å². The van der Waals surface area contributed by atoms with Crippen molar-refractivity contribution in [1.82, 2.24) is 20.8 Å². The smallest absolute Gasteiger partial charge is 0.407 e. The molecule has 1 aromatic carbocycles. The third kappa shape index (κ3) is 7.93. The molecule has 1 aliphatic rings. The molecule has 10 heteroatoms. The number of pyridine rings is 1. The van der Waals surface area contributed by atoms with Crippen LogP contribution in [0.25, 0.3) is 11.1 Å².